The number of ether oxygens (including phenoxy) is 3. The van der Waals surface area contributed by atoms with Crippen LogP contribution in [0.15, 0.2) is 18.2 Å². The predicted molar refractivity (Wildman–Crippen MR) is 130 cm³/mol. The Kier molecular flexibility index (Phi) is 6.28. The van der Waals surface area contributed by atoms with Gasteiger partial charge in [0.25, 0.3) is 0 Å². The van der Waals surface area contributed by atoms with Crippen molar-refractivity contribution in [2.45, 2.75) is 75.8 Å². The number of phenolic OH excluding ortho intramolecular Hbond substituents is 2. The molecule has 1 aliphatic heterocycles. The van der Waals surface area contributed by atoms with Crippen LogP contribution in [0.2, 0.25) is 0 Å². The van der Waals surface area contributed by atoms with Crippen LogP contribution in [0.25, 0.3) is 0 Å². The Morgan fingerprint density at radius 3 is 2.57 bits per heavy atom. The van der Waals surface area contributed by atoms with E-state index >= 15 is 0 Å². The van der Waals surface area contributed by atoms with E-state index in [-0.39, 0.29) is 53.7 Å². The monoisotopic (exact) mass is 513 g/mol. The van der Waals surface area contributed by atoms with Gasteiger partial charge < -0.3 is 40.4 Å². The quantitative estimate of drug-likeness (QED) is 0.321. The predicted octanol–water partition coefficient (Wildman–Crippen LogP) is 1.39. The van der Waals surface area contributed by atoms with Crippen molar-refractivity contribution >= 4 is 11.6 Å². The number of methoxy groups -OCH3 is 1. The average molecular weight is 514 g/mol. The maximum Gasteiger partial charge on any atom is 0.197 e. The number of ketones is 2. The second kappa shape index (κ2) is 9.07. The van der Waals surface area contributed by atoms with Crippen molar-refractivity contribution in [3.05, 3.63) is 51.6 Å². The average Bonchev–Trinajstić information content (AvgIpc) is 2.85. The van der Waals surface area contributed by atoms with E-state index in [1.165, 1.54) is 14.0 Å². The van der Waals surface area contributed by atoms with Gasteiger partial charge in [0.1, 0.15) is 22.8 Å². The third kappa shape index (κ3) is 4.00. The van der Waals surface area contributed by atoms with E-state index in [2.05, 4.69) is 0 Å². The molecule has 0 spiro atoms. The van der Waals surface area contributed by atoms with Gasteiger partial charge in [-0.15, -0.1) is 0 Å². The van der Waals surface area contributed by atoms with Gasteiger partial charge in [-0.25, -0.2) is 0 Å². The largest absolute Gasteiger partial charge is 0.507 e. The van der Waals surface area contributed by atoms with Crippen LogP contribution in [0.1, 0.15) is 71.0 Å². The van der Waals surface area contributed by atoms with Gasteiger partial charge in [-0.05, 0) is 19.9 Å². The smallest absolute Gasteiger partial charge is 0.197 e. The molecule has 10 heteroatoms. The van der Waals surface area contributed by atoms with E-state index in [1.54, 1.807) is 25.1 Å². The Morgan fingerprint density at radius 1 is 1.19 bits per heavy atom. The second-order valence-corrected chi connectivity index (χ2v) is 10.2. The van der Waals surface area contributed by atoms with Gasteiger partial charge in [-0.3, -0.25) is 9.59 Å². The van der Waals surface area contributed by atoms with Crippen molar-refractivity contribution in [1.29, 1.82) is 0 Å². The van der Waals surface area contributed by atoms with Crippen molar-refractivity contribution < 1.29 is 44.2 Å². The number of fused-ring (bicyclic) bond motifs is 3. The molecule has 3 aliphatic rings. The molecule has 1 heterocycles. The topological polar surface area (TPSA) is 169 Å². The number of carbonyl (C=O) groups is 2. The summed E-state index contributed by atoms with van der Waals surface area (Å²) in [5.74, 6) is -1.22. The van der Waals surface area contributed by atoms with Gasteiger partial charge >= 0.3 is 0 Å². The molecule has 1 fully saturated rings. The van der Waals surface area contributed by atoms with Crippen LogP contribution >= 0.6 is 0 Å². The molecule has 5 rings (SSSR count). The van der Waals surface area contributed by atoms with E-state index in [9.17, 15) is 30.0 Å². The molecule has 2 aromatic carbocycles. The highest BCUT2D eigenvalue weighted by atomic mass is 16.7. The van der Waals surface area contributed by atoms with Crippen LogP contribution in [0.3, 0.4) is 0 Å². The minimum Gasteiger partial charge on any atom is -0.507 e. The first-order chi connectivity index (χ1) is 17.5. The van der Waals surface area contributed by atoms with Crippen LogP contribution in [0, 0.1) is 0 Å². The number of hydrogen-bond donors (Lipinski definition) is 5. The Morgan fingerprint density at radius 2 is 1.92 bits per heavy atom. The Hall–Kier alpha value is -3.02. The van der Waals surface area contributed by atoms with Crippen molar-refractivity contribution in [2.75, 3.05) is 7.11 Å². The molecule has 37 heavy (non-hydrogen) atoms. The Labute approximate surface area is 213 Å². The number of hydrogen-bond acceptors (Lipinski definition) is 10. The number of Topliss-reactive ketones (excluding diaryl/α,β-unsaturated/α-hetero) is 1. The van der Waals surface area contributed by atoms with Crippen molar-refractivity contribution in [3.63, 3.8) is 0 Å². The van der Waals surface area contributed by atoms with Crippen molar-refractivity contribution in [2.24, 2.45) is 5.73 Å². The zero-order chi connectivity index (χ0) is 26.8. The normalized spacial score (nSPS) is 30.8. The molecule has 2 aromatic rings. The third-order valence-electron chi connectivity index (χ3n) is 7.91. The molecule has 1 saturated heterocycles. The van der Waals surface area contributed by atoms with Gasteiger partial charge in [-0.2, -0.15) is 0 Å². The van der Waals surface area contributed by atoms with Crippen LogP contribution in [-0.4, -0.2) is 69.2 Å². The molecule has 0 bridgehead atoms. The van der Waals surface area contributed by atoms with Crippen molar-refractivity contribution in [1.82, 2.24) is 0 Å². The van der Waals surface area contributed by atoms with Gasteiger partial charge in [0, 0.05) is 59.5 Å². The molecule has 198 valence electrons. The number of carbonyl (C=O) groups excluding carboxylic acids is 2. The van der Waals surface area contributed by atoms with Crippen molar-refractivity contribution in [3.8, 4) is 17.2 Å². The zero-order valence-electron chi connectivity index (χ0n) is 20.9. The van der Waals surface area contributed by atoms with Crippen LogP contribution < -0.4 is 10.5 Å². The highest BCUT2D eigenvalue weighted by molar-refractivity contribution is 6.15. The lowest BCUT2D eigenvalue weighted by Crippen LogP contribution is -2.52. The summed E-state index contributed by atoms with van der Waals surface area (Å²) < 4.78 is 17.3. The highest BCUT2D eigenvalue weighted by Crippen LogP contribution is 2.52. The number of aliphatic hydroxyl groups is 2. The second-order valence-electron chi connectivity index (χ2n) is 10.2. The van der Waals surface area contributed by atoms with E-state index < -0.39 is 53.6 Å². The number of aliphatic hydroxyl groups excluding tert-OH is 1. The highest BCUT2D eigenvalue weighted by Gasteiger charge is 2.48. The molecule has 10 nitrogen and oxygen atoms in total. The first-order valence-electron chi connectivity index (χ1n) is 12.2. The van der Waals surface area contributed by atoms with Gasteiger partial charge in [0.2, 0.25) is 0 Å². The van der Waals surface area contributed by atoms with Crippen LogP contribution in [-0.2, 0) is 27.1 Å². The lowest BCUT2D eigenvalue weighted by Gasteiger charge is -2.42. The number of nitrogens with two attached hydrogens (primary N) is 1. The summed E-state index contributed by atoms with van der Waals surface area (Å²) >= 11 is 0. The summed E-state index contributed by atoms with van der Waals surface area (Å²) in [6, 6.07) is 4.37. The molecule has 0 aromatic heterocycles. The van der Waals surface area contributed by atoms with E-state index in [4.69, 9.17) is 19.9 Å². The molecule has 6 N–H and O–H groups in total. The maximum absolute atomic E-state index is 13.5. The number of aromatic hydroxyl groups is 2. The van der Waals surface area contributed by atoms with E-state index in [0.717, 1.165) is 0 Å². The summed E-state index contributed by atoms with van der Waals surface area (Å²) in [7, 11) is 1.49. The molecule has 0 saturated carbocycles. The third-order valence-corrected chi connectivity index (χ3v) is 7.91. The Balaban J connectivity index is 1.64. The fraction of sp³-hybridized carbons (Fsp3) is 0.481. The number of rotatable bonds is 4. The molecular formula is C27H31NO9. The summed E-state index contributed by atoms with van der Waals surface area (Å²) in [6.45, 7) is 2.88. The van der Waals surface area contributed by atoms with Crippen LogP contribution in [0.4, 0.5) is 0 Å². The van der Waals surface area contributed by atoms with Gasteiger partial charge in [-0.1, -0.05) is 12.1 Å². The molecule has 0 radical (unpaired) electrons. The first kappa shape index (κ1) is 25.6. The van der Waals surface area contributed by atoms with Gasteiger partial charge in [0.15, 0.2) is 17.9 Å². The molecule has 0 amide bonds. The van der Waals surface area contributed by atoms with E-state index in [0.29, 0.717) is 16.9 Å². The first-order valence-corrected chi connectivity index (χ1v) is 12.2. The summed E-state index contributed by atoms with van der Waals surface area (Å²) in [6.07, 6.45) is -3.75. The minimum atomic E-state index is -1.91. The lowest BCUT2D eigenvalue weighted by atomic mass is 9.72. The lowest BCUT2D eigenvalue weighted by molar-refractivity contribution is -0.247. The molecule has 2 aliphatic carbocycles. The van der Waals surface area contributed by atoms with E-state index in [1.807, 2.05) is 0 Å². The van der Waals surface area contributed by atoms with Gasteiger partial charge in [0.05, 0.1) is 31.0 Å². The Bertz CT molecular complexity index is 1280. The summed E-state index contributed by atoms with van der Waals surface area (Å²) in [5.41, 5.74) is 5.44. The maximum atomic E-state index is 13.5. The fourth-order valence-electron chi connectivity index (χ4n) is 5.76. The minimum absolute atomic E-state index is 0.0677. The molecule has 6 atom stereocenters. The standard InChI is InChI=1S/C27H31NO9/c1-11-23(30)17(28)8-20(36-11)37-19-10-27(34,12(2)29)9-16-21(19)25(32)15-7-14-13(5-4-6-18(14)35-3)24(31)22(15)26(16)33/h4-6,11,17,19-20,23,30,32-34H,7-10,28H2,1-3H3/t11-,17-,19-,20-,23+,27-/m0/s1. The SMILES string of the molecule is COc1cccc2c1Cc1c(O)c3c(c(O)c1C2=O)C[C@@](O)(C(C)=O)C[C@@H]3O[C@H]1C[C@H](N)[C@H](O)[C@H](C)O1. The zero-order valence-corrected chi connectivity index (χ0v) is 20.9. The number of phenols is 2. The number of benzene rings is 2. The molecule has 0 unspecified atom stereocenters. The molecular weight excluding hydrogens is 482 g/mol. The van der Waals surface area contributed by atoms with Crippen LogP contribution in [0.5, 0.6) is 17.2 Å². The summed E-state index contributed by atoms with van der Waals surface area (Å²) in [4.78, 5) is 26.0. The summed E-state index contributed by atoms with van der Waals surface area (Å²) in [5, 5.41) is 44.2. The fourth-order valence-corrected chi connectivity index (χ4v) is 5.76.